The van der Waals surface area contributed by atoms with E-state index >= 15 is 0 Å². The number of anilines is 1. The largest absolute Gasteiger partial charge is 0.354 e. The van der Waals surface area contributed by atoms with Crippen LogP contribution in [-0.2, 0) is 0 Å². The summed E-state index contributed by atoms with van der Waals surface area (Å²) in [7, 11) is 0. The monoisotopic (exact) mass is 257 g/mol. The van der Waals surface area contributed by atoms with Crippen LogP contribution in [-0.4, -0.2) is 22.6 Å². The zero-order chi connectivity index (χ0) is 10.7. The lowest BCUT2D eigenvalue weighted by atomic mass is 10.3. The minimum atomic E-state index is 0.459. The van der Waals surface area contributed by atoms with Crippen LogP contribution in [0.1, 0.15) is 26.6 Å². The van der Waals surface area contributed by atoms with Gasteiger partial charge in [-0.1, -0.05) is 0 Å². The van der Waals surface area contributed by atoms with Gasteiger partial charge in [-0.3, -0.25) is 0 Å². The molecule has 0 amide bonds. The van der Waals surface area contributed by atoms with Crippen molar-refractivity contribution in [3.05, 3.63) is 16.5 Å². The second kappa shape index (κ2) is 4.73. The molecule has 1 heterocycles. The molecule has 0 radical (unpaired) electrons. The first kappa shape index (κ1) is 11.4. The van der Waals surface area contributed by atoms with Gasteiger partial charge in [0.25, 0.3) is 0 Å². The first-order valence-electron chi connectivity index (χ1n) is 4.82. The fraction of sp³-hybridized carbons (Fsp3) is 0.600. The van der Waals surface area contributed by atoms with E-state index in [9.17, 15) is 0 Å². The Morgan fingerprint density at radius 1 is 1.43 bits per heavy atom. The summed E-state index contributed by atoms with van der Waals surface area (Å²) >= 11 is 3.38. The molecule has 78 valence electrons. The van der Waals surface area contributed by atoms with Crippen LogP contribution < -0.4 is 4.90 Å². The van der Waals surface area contributed by atoms with Gasteiger partial charge in [0.05, 0.1) is 0 Å². The molecule has 0 atom stereocenters. The minimum absolute atomic E-state index is 0.459. The van der Waals surface area contributed by atoms with Gasteiger partial charge in [-0.15, -0.1) is 0 Å². The lowest BCUT2D eigenvalue weighted by Crippen LogP contribution is -2.31. The van der Waals surface area contributed by atoms with Crippen molar-refractivity contribution in [1.29, 1.82) is 0 Å². The number of aryl methyl sites for hydroxylation is 1. The van der Waals surface area contributed by atoms with Crippen LogP contribution in [0.3, 0.4) is 0 Å². The summed E-state index contributed by atoms with van der Waals surface area (Å²) < 4.78 is 0.846. The number of halogens is 1. The molecule has 3 nitrogen and oxygen atoms in total. The van der Waals surface area contributed by atoms with Gasteiger partial charge in [0.2, 0.25) is 0 Å². The van der Waals surface area contributed by atoms with Crippen LogP contribution in [0.4, 0.5) is 5.82 Å². The fourth-order valence-electron chi connectivity index (χ4n) is 1.46. The average Bonchev–Trinajstić information content (AvgIpc) is 2.02. The van der Waals surface area contributed by atoms with E-state index in [2.05, 4.69) is 51.6 Å². The first-order chi connectivity index (χ1) is 6.54. The topological polar surface area (TPSA) is 29.0 Å². The molecule has 0 fully saturated rings. The summed E-state index contributed by atoms with van der Waals surface area (Å²) in [4.78, 5) is 10.8. The second-order valence-corrected chi connectivity index (χ2v) is 4.29. The molecule has 0 saturated heterocycles. The minimum Gasteiger partial charge on any atom is -0.354 e. The van der Waals surface area contributed by atoms with Gasteiger partial charge < -0.3 is 4.90 Å². The zero-order valence-corrected chi connectivity index (χ0v) is 10.7. The quantitative estimate of drug-likeness (QED) is 0.780. The van der Waals surface area contributed by atoms with Crippen LogP contribution in [0.15, 0.2) is 10.7 Å². The van der Waals surface area contributed by atoms with E-state index in [0.717, 1.165) is 22.8 Å². The summed E-state index contributed by atoms with van der Waals surface area (Å²) in [5.74, 6) is 1.79. The Morgan fingerprint density at radius 3 is 2.50 bits per heavy atom. The smallest absolute Gasteiger partial charge is 0.133 e. The molecule has 1 rings (SSSR count). The fourth-order valence-corrected chi connectivity index (χ4v) is 1.92. The summed E-state index contributed by atoms with van der Waals surface area (Å²) in [6.45, 7) is 9.32. The molecule has 1 aromatic heterocycles. The van der Waals surface area contributed by atoms with Crippen LogP contribution in [0.25, 0.3) is 0 Å². The van der Waals surface area contributed by atoms with Crippen LogP contribution >= 0.6 is 15.9 Å². The maximum Gasteiger partial charge on any atom is 0.133 e. The van der Waals surface area contributed by atoms with Gasteiger partial charge in [0.1, 0.15) is 16.2 Å². The van der Waals surface area contributed by atoms with Crippen molar-refractivity contribution in [3.8, 4) is 0 Å². The van der Waals surface area contributed by atoms with Gasteiger partial charge in [-0.05, 0) is 43.6 Å². The SMILES string of the molecule is CCN(c1cc(Br)nc(C)n1)C(C)C. The lowest BCUT2D eigenvalue weighted by Gasteiger charge is -2.26. The van der Waals surface area contributed by atoms with Gasteiger partial charge in [-0.2, -0.15) is 0 Å². The number of hydrogen-bond acceptors (Lipinski definition) is 3. The van der Waals surface area contributed by atoms with E-state index < -0.39 is 0 Å². The van der Waals surface area contributed by atoms with Crippen molar-refractivity contribution >= 4 is 21.7 Å². The molecule has 0 unspecified atom stereocenters. The molecule has 0 aliphatic rings. The van der Waals surface area contributed by atoms with Crippen molar-refractivity contribution < 1.29 is 0 Å². The number of nitrogens with zero attached hydrogens (tertiary/aromatic N) is 3. The first-order valence-corrected chi connectivity index (χ1v) is 5.61. The lowest BCUT2D eigenvalue weighted by molar-refractivity contribution is 0.689. The molecule has 1 aromatic rings. The Labute approximate surface area is 93.7 Å². The number of hydrogen-bond donors (Lipinski definition) is 0. The number of rotatable bonds is 3. The Bertz CT molecular complexity index is 292. The van der Waals surface area contributed by atoms with E-state index in [1.165, 1.54) is 0 Å². The highest BCUT2D eigenvalue weighted by molar-refractivity contribution is 9.10. The molecule has 0 bridgehead atoms. The third-order valence-corrected chi connectivity index (χ3v) is 2.46. The van der Waals surface area contributed by atoms with Crippen LogP contribution in [0.5, 0.6) is 0 Å². The molecule has 0 N–H and O–H groups in total. The predicted molar refractivity (Wildman–Crippen MR) is 62.6 cm³/mol. The van der Waals surface area contributed by atoms with Gasteiger partial charge >= 0.3 is 0 Å². The third-order valence-electron chi connectivity index (χ3n) is 2.05. The average molecular weight is 258 g/mol. The Hall–Kier alpha value is -0.640. The van der Waals surface area contributed by atoms with Gasteiger partial charge in [0, 0.05) is 18.7 Å². The number of aromatic nitrogens is 2. The summed E-state index contributed by atoms with van der Waals surface area (Å²) in [6, 6.07) is 2.41. The van der Waals surface area contributed by atoms with E-state index in [4.69, 9.17) is 0 Å². The molecule has 0 saturated carbocycles. The summed E-state index contributed by atoms with van der Waals surface area (Å²) in [5, 5.41) is 0. The summed E-state index contributed by atoms with van der Waals surface area (Å²) in [6.07, 6.45) is 0. The Balaban J connectivity index is 3.04. The summed E-state index contributed by atoms with van der Waals surface area (Å²) in [5.41, 5.74) is 0. The molecule has 0 aliphatic carbocycles. The third kappa shape index (κ3) is 2.67. The van der Waals surface area contributed by atoms with Crippen molar-refractivity contribution in [2.24, 2.45) is 0 Å². The maximum absolute atomic E-state index is 4.41. The molecule has 0 spiro atoms. The van der Waals surface area contributed by atoms with E-state index in [-0.39, 0.29) is 0 Å². The van der Waals surface area contributed by atoms with E-state index in [1.54, 1.807) is 0 Å². The highest BCUT2D eigenvalue weighted by Gasteiger charge is 2.10. The zero-order valence-electron chi connectivity index (χ0n) is 9.08. The normalized spacial score (nSPS) is 10.7. The molecular weight excluding hydrogens is 242 g/mol. The van der Waals surface area contributed by atoms with Crippen molar-refractivity contribution in [1.82, 2.24) is 9.97 Å². The maximum atomic E-state index is 4.41. The van der Waals surface area contributed by atoms with Gasteiger partial charge in [0.15, 0.2) is 0 Å². The van der Waals surface area contributed by atoms with E-state index in [0.29, 0.717) is 6.04 Å². The standard InChI is InChI=1S/C10H16BrN3/c1-5-14(7(2)3)10-6-9(11)12-8(4)13-10/h6-7H,5H2,1-4H3. The molecule has 14 heavy (non-hydrogen) atoms. The highest BCUT2D eigenvalue weighted by Crippen LogP contribution is 2.18. The molecule has 4 heteroatoms. The molecule has 0 aliphatic heterocycles. The highest BCUT2D eigenvalue weighted by atomic mass is 79.9. The van der Waals surface area contributed by atoms with E-state index in [1.807, 2.05) is 13.0 Å². The predicted octanol–water partition coefficient (Wildman–Crippen LogP) is 2.78. The molecular formula is C10H16BrN3. The Kier molecular flexibility index (Phi) is 3.86. The van der Waals surface area contributed by atoms with Crippen LogP contribution in [0.2, 0.25) is 0 Å². The van der Waals surface area contributed by atoms with Crippen molar-refractivity contribution in [2.75, 3.05) is 11.4 Å². The van der Waals surface area contributed by atoms with Crippen molar-refractivity contribution in [2.45, 2.75) is 33.7 Å². The Morgan fingerprint density at radius 2 is 2.07 bits per heavy atom. The van der Waals surface area contributed by atoms with Crippen molar-refractivity contribution in [3.63, 3.8) is 0 Å². The van der Waals surface area contributed by atoms with Gasteiger partial charge in [-0.25, -0.2) is 9.97 Å². The van der Waals surface area contributed by atoms with Crippen LogP contribution in [0, 0.1) is 6.92 Å². The molecule has 0 aromatic carbocycles. The second-order valence-electron chi connectivity index (χ2n) is 3.48.